The molecule has 1 rings (SSSR count). The highest BCUT2D eigenvalue weighted by molar-refractivity contribution is 6.30. The molecule has 0 atom stereocenters. The lowest BCUT2D eigenvalue weighted by atomic mass is 10.1. The van der Waals surface area contributed by atoms with Crippen molar-refractivity contribution in [3.8, 4) is 0 Å². The molecule has 15 heavy (non-hydrogen) atoms. The van der Waals surface area contributed by atoms with Crippen LogP contribution in [0.25, 0.3) is 0 Å². The maximum atomic E-state index is 6.00. The van der Waals surface area contributed by atoms with Crippen molar-refractivity contribution < 1.29 is 0 Å². The van der Waals surface area contributed by atoms with Crippen molar-refractivity contribution in [1.82, 2.24) is 0 Å². The minimum atomic E-state index is 0.732. The van der Waals surface area contributed by atoms with Gasteiger partial charge in [0.05, 0.1) is 0 Å². The van der Waals surface area contributed by atoms with Gasteiger partial charge in [-0.1, -0.05) is 17.7 Å². The van der Waals surface area contributed by atoms with E-state index in [2.05, 4.69) is 24.8 Å². The van der Waals surface area contributed by atoms with Gasteiger partial charge >= 0.3 is 0 Å². The number of rotatable bonds is 5. The van der Waals surface area contributed by atoms with Gasteiger partial charge in [0.25, 0.3) is 0 Å². The molecule has 0 aliphatic carbocycles. The SMILES string of the molecule is CCN(CCCN)c1cc(Cl)ccc1C. The van der Waals surface area contributed by atoms with Gasteiger partial charge in [-0.25, -0.2) is 0 Å². The number of hydrogen-bond donors (Lipinski definition) is 1. The highest BCUT2D eigenvalue weighted by Crippen LogP contribution is 2.24. The first-order valence-corrected chi connectivity index (χ1v) is 5.78. The fourth-order valence-electron chi connectivity index (χ4n) is 1.65. The number of aryl methyl sites for hydroxylation is 1. The van der Waals surface area contributed by atoms with E-state index in [1.54, 1.807) is 0 Å². The van der Waals surface area contributed by atoms with Gasteiger partial charge in [0.15, 0.2) is 0 Å². The standard InChI is InChI=1S/C12H19ClN2/c1-3-15(8-4-7-14)12-9-11(13)6-5-10(12)2/h5-6,9H,3-4,7-8,14H2,1-2H3. The van der Waals surface area contributed by atoms with Crippen molar-refractivity contribution in [2.24, 2.45) is 5.73 Å². The van der Waals surface area contributed by atoms with Crippen molar-refractivity contribution in [1.29, 1.82) is 0 Å². The van der Waals surface area contributed by atoms with E-state index in [1.165, 1.54) is 11.3 Å². The fraction of sp³-hybridized carbons (Fsp3) is 0.500. The first-order chi connectivity index (χ1) is 7.19. The monoisotopic (exact) mass is 226 g/mol. The van der Waals surface area contributed by atoms with Crippen molar-refractivity contribution in [2.75, 3.05) is 24.5 Å². The molecule has 0 heterocycles. The summed E-state index contributed by atoms with van der Waals surface area (Å²) in [6.07, 6.45) is 1.01. The minimum Gasteiger partial charge on any atom is -0.372 e. The molecule has 0 aliphatic rings. The van der Waals surface area contributed by atoms with Crippen molar-refractivity contribution in [2.45, 2.75) is 20.3 Å². The summed E-state index contributed by atoms with van der Waals surface area (Å²) in [4.78, 5) is 2.31. The third-order valence-electron chi connectivity index (χ3n) is 2.53. The second kappa shape index (κ2) is 5.99. The topological polar surface area (TPSA) is 29.3 Å². The Morgan fingerprint density at radius 2 is 2.13 bits per heavy atom. The molecule has 1 aromatic rings. The molecule has 84 valence electrons. The molecule has 0 amide bonds. The van der Waals surface area contributed by atoms with Crippen LogP contribution in [0.5, 0.6) is 0 Å². The fourth-order valence-corrected chi connectivity index (χ4v) is 1.82. The number of halogens is 1. The van der Waals surface area contributed by atoms with Crippen LogP contribution >= 0.6 is 11.6 Å². The molecule has 1 aromatic carbocycles. The molecule has 0 bridgehead atoms. The summed E-state index contributed by atoms with van der Waals surface area (Å²) in [5.41, 5.74) is 8.01. The average molecular weight is 227 g/mol. The third-order valence-corrected chi connectivity index (χ3v) is 2.76. The molecule has 0 saturated heterocycles. The molecule has 3 heteroatoms. The Kier molecular flexibility index (Phi) is 4.92. The van der Waals surface area contributed by atoms with E-state index < -0.39 is 0 Å². The highest BCUT2D eigenvalue weighted by Gasteiger charge is 2.07. The summed E-state index contributed by atoms with van der Waals surface area (Å²) in [7, 11) is 0. The second-order valence-electron chi connectivity index (χ2n) is 3.65. The van der Waals surface area contributed by atoms with E-state index in [0.29, 0.717) is 0 Å². The van der Waals surface area contributed by atoms with Crippen LogP contribution in [0.2, 0.25) is 5.02 Å². The Labute approximate surface area is 97.0 Å². The van der Waals surface area contributed by atoms with Crippen molar-refractivity contribution >= 4 is 17.3 Å². The van der Waals surface area contributed by atoms with E-state index in [0.717, 1.165) is 31.1 Å². The lowest BCUT2D eigenvalue weighted by Crippen LogP contribution is -2.26. The van der Waals surface area contributed by atoms with E-state index in [1.807, 2.05) is 12.1 Å². The summed E-state index contributed by atoms with van der Waals surface area (Å²) in [5, 5.41) is 0.793. The van der Waals surface area contributed by atoms with Gasteiger partial charge in [0.2, 0.25) is 0 Å². The number of benzene rings is 1. The minimum absolute atomic E-state index is 0.732. The number of hydrogen-bond acceptors (Lipinski definition) is 2. The Balaban J connectivity index is 2.85. The largest absolute Gasteiger partial charge is 0.372 e. The molecule has 0 aromatic heterocycles. The Hall–Kier alpha value is -0.730. The lowest BCUT2D eigenvalue weighted by molar-refractivity contribution is 0.752. The molecule has 0 spiro atoms. The maximum absolute atomic E-state index is 6.00. The Morgan fingerprint density at radius 3 is 2.73 bits per heavy atom. The molecule has 2 nitrogen and oxygen atoms in total. The molecule has 0 fully saturated rings. The summed E-state index contributed by atoms with van der Waals surface area (Å²) in [6, 6.07) is 6.01. The smallest absolute Gasteiger partial charge is 0.0426 e. The number of nitrogens with zero attached hydrogens (tertiary/aromatic N) is 1. The van der Waals surface area contributed by atoms with Gasteiger partial charge in [-0.15, -0.1) is 0 Å². The normalized spacial score (nSPS) is 10.4. The zero-order valence-electron chi connectivity index (χ0n) is 9.46. The van der Waals surface area contributed by atoms with Crippen molar-refractivity contribution in [3.63, 3.8) is 0 Å². The first kappa shape index (κ1) is 12.3. The van der Waals surface area contributed by atoms with Gasteiger partial charge in [-0.2, -0.15) is 0 Å². The maximum Gasteiger partial charge on any atom is 0.0426 e. The van der Waals surface area contributed by atoms with Crippen LogP contribution in [0.3, 0.4) is 0 Å². The van der Waals surface area contributed by atoms with E-state index in [-0.39, 0.29) is 0 Å². The zero-order valence-corrected chi connectivity index (χ0v) is 10.2. The first-order valence-electron chi connectivity index (χ1n) is 5.40. The quantitative estimate of drug-likeness (QED) is 0.837. The summed E-state index contributed by atoms with van der Waals surface area (Å²) in [5.74, 6) is 0. The Morgan fingerprint density at radius 1 is 1.40 bits per heavy atom. The van der Waals surface area contributed by atoms with E-state index in [9.17, 15) is 0 Å². The molecule has 0 saturated carbocycles. The van der Waals surface area contributed by atoms with Gasteiger partial charge < -0.3 is 10.6 Å². The van der Waals surface area contributed by atoms with Crippen LogP contribution in [0.1, 0.15) is 18.9 Å². The van der Waals surface area contributed by atoms with Crippen LogP contribution in [-0.2, 0) is 0 Å². The highest BCUT2D eigenvalue weighted by atomic mass is 35.5. The van der Waals surface area contributed by atoms with Crippen LogP contribution in [0.15, 0.2) is 18.2 Å². The molecular formula is C12H19ClN2. The molecule has 0 unspecified atom stereocenters. The van der Waals surface area contributed by atoms with Gasteiger partial charge in [-0.05, 0) is 44.5 Å². The van der Waals surface area contributed by atoms with Crippen molar-refractivity contribution in [3.05, 3.63) is 28.8 Å². The summed E-state index contributed by atoms with van der Waals surface area (Å²) >= 11 is 6.00. The zero-order chi connectivity index (χ0) is 11.3. The number of anilines is 1. The van der Waals surface area contributed by atoms with Gasteiger partial charge in [0, 0.05) is 23.8 Å². The average Bonchev–Trinajstić information content (AvgIpc) is 2.24. The Bertz CT molecular complexity index is 312. The number of nitrogens with two attached hydrogens (primary N) is 1. The predicted octanol–water partition coefficient (Wildman–Crippen LogP) is 2.82. The molecule has 0 radical (unpaired) electrons. The van der Waals surface area contributed by atoms with Crippen LogP contribution in [0, 0.1) is 6.92 Å². The van der Waals surface area contributed by atoms with Crippen LogP contribution in [-0.4, -0.2) is 19.6 Å². The van der Waals surface area contributed by atoms with Crippen LogP contribution in [0.4, 0.5) is 5.69 Å². The van der Waals surface area contributed by atoms with Crippen LogP contribution < -0.4 is 10.6 Å². The van der Waals surface area contributed by atoms with E-state index >= 15 is 0 Å². The molecule has 0 aliphatic heterocycles. The van der Waals surface area contributed by atoms with E-state index in [4.69, 9.17) is 17.3 Å². The van der Waals surface area contributed by atoms with Gasteiger partial charge in [0.1, 0.15) is 0 Å². The lowest BCUT2D eigenvalue weighted by Gasteiger charge is -2.24. The third kappa shape index (κ3) is 3.40. The molecule has 2 N–H and O–H groups in total. The second-order valence-corrected chi connectivity index (χ2v) is 4.09. The summed E-state index contributed by atoms with van der Waals surface area (Å²) in [6.45, 7) is 6.97. The van der Waals surface area contributed by atoms with Gasteiger partial charge in [-0.3, -0.25) is 0 Å². The molecular weight excluding hydrogens is 208 g/mol. The predicted molar refractivity (Wildman–Crippen MR) is 67.7 cm³/mol. The summed E-state index contributed by atoms with van der Waals surface area (Å²) < 4.78 is 0.